The van der Waals surface area contributed by atoms with E-state index in [4.69, 9.17) is 9.47 Å². The number of nitrogens with zero attached hydrogens (tertiary/aromatic N) is 2. The minimum atomic E-state index is -0.442. The molecule has 0 atom stereocenters. The van der Waals surface area contributed by atoms with Crippen molar-refractivity contribution in [3.05, 3.63) is 60.2 Å². The lowest BCUT2D eigenvalue weighted by Gasteiger charge is -2.28. The van der Waals surface area contributed by atoms with Crippen molar-refractivity contribution in [1.82, 2.24) is 0 Å². The minimum absolute atomic E-state index is 0.189. The van der Waals surface area contributed by atoms with Gasteiger partial charge in [-0.2, -0.15) is 5.26 Å². The van der Waals surface area contributed by atoms with Gasteiger partial charge in [0.2, 0.25) is 0 Å². The maximum atomic E-state index is 10.0. The summed E-state index contributed by atoms with van der Waals surface area (Å²) in [5.74, 6) is 0.614. The molecule has 3 aromatic carbocycles. The summed E-state index contributed by atoms with van der Waals surface area (Å²) in [6, 6.07) is 21.3. The van der Waals surface area contributed by atoms with Crippen LogP contribution < -0.4 is 9.64 Å². The molecule has 0 radical (unpaired) electrons. The SMILES string of the molecule is CC.CCCN(CC)c1ccc2cc(-c3cccc(OC(C)(C)CCOC(C)C)c3C#N)ccc2c1. The molecule has 0 saturated heterocycles. The molecule has 0 aliphatic heterocycles. The molecule has 0 bridgehead atoms. The maximum Gasteiger partial charge on any atom is 0.138 e. The molecule has 0 N–H and O–H groups in total. The van der Waals surface area contributed by atoms with Crippen molar-refractivity contribution in [2.24, 2.45) is 0 Å². The smallest absolute Gasteiger partial charge is 0.138 e. The molecule has 36 heavy (non-hydrogen) atoms. The Bertz CT molecular complexity index is 1140. The first-order valence-electron chi connectivity index (χ1n) is 13.4. The normalized spacial score (nSPS) is 11.1. The van der Waals surface area contributed by atoms with Gasteiger partial charge in [0.15, 0.2) is 0 Å². The lowest BCUT2D eigenvalue weighted by molar-refractivity contribution is 0.0230. The number of benzene rings is 3. The Morgan fingerprint density at radius 1 is 0.972 bits per heavy atom. The van der Waals surface area contributed by atoms with Gasteiger partial charge in [0.25, 0.3) is 0 Å². The summed E-state index contributed by atoms with van der Waals surface area (Å²) in [4.78, 5) is 2.40. The Morgan fingerprint density at radius 3 is 2.31 bits per heavy atom. The van der Waals surface area contributed by atoms with Crippen LogP contribution in [0.1, 0.15) is 73.8 Å². The third kappa shape index (κ3) is 7.73. The molecule has 194 valence electrons. The minimum Gasteiger partial charge on any atom is -0.486 e. The number of nitriles is 1. The number of fused-ring (bicyclic) bond motifs is 1. The number of hydrogen-bond donors (Lipinski definition) is 0. The second-order valence-corrected chi connectivity index (χ2v) is 9.65. The standard InChI is InChI=1S/C30H38N2O2.C2H6/c1-7-17-32(8-2)26-15-14-23-19-25(13-12-24(23)20-26)27-10-9-11-29(28(27)21-31)34-30(5,6)16-18-33-22(3)4;1-2/h9-15,19-20,22H,7-8,16-18H2,1-6H3;1-2H3. The van der Waals surface area contributed by atoms with Crippen LogP contribution in [0.25, 0.3) is 21.9 Å². The van der Waals surface area contributed by atoms with Crippen molar-refractivity contribution in [2.75, 3.05) is 24.6 Å². The molecule has 0 spiro atoms. The number of rotatable bonds is 11. The zero-order chi connectivity index (χ0) is 26.7. The van der Waals surface area contributed by atoms with Gasteiger partial charge in [0.05, 0.1) is 12.7 Å². The van der Waals surface area contributed by atoms with E-state index in [-0.39, 0.29) is 6.10 Å². The van der Waals surface area contributed by atoms with Crippen molar-refractivity contribution in [3.8, 4) is 22.9 Å². The van der Waals surface area contributed by atoms with Crippen molar-refractivity contribution in [2.45, 2.75) is 79.9 Å². The van der Waals surface area contributed by atoms with Crippen LogP contribution >= 0.6 is 0 Å². The van der Waals surface area contributed by atoms with E-state index in [1.165, 1.54) is 11.1 Å². The van der Waals surface area contributed by atoms with Gasteiger partial charge < -0.3 is 14.4 Å². The Balaban J connectivity index is 0.00000222. The second-order valence-electron chi connectivity index (χ2n) is 9.65. The molecule has 0 aliphatic carbocycles. The van der Waals surface area contributed by atoms with E-state index in [0.717, 1.165) is 42.4 Å². The van der Waals surface area contributed by atoms with Crippen molar-refractivity contribution in [1.29, 1.82) is 5.26 Å². The Labute approximate surface area is 218 Å². The van der Waals surface area contributed by atoms with Crippen LogP contribution in [-0.2, 0) is 4.74 Å². The molecule has 4 nitrogen and oxygen atoms in total. The molecule has 0 fully saturated rings. The van der Waals surface area contributed by atoms with E-state index in [1.807, 2.05) is 59.7 Å². The molecular formula is C32H44N2O2. The zero-order valence-corrected chi connectivity index (χ0v) is 23.5. The summed E-state index contributed by atoms with van der Waals surface area (Å²) in [5.41, 5.74) is 3.28. The summed E-state index contributed by atoms with van der Waals surface area (Å²) in [6.45, 7) is 19.2. The van der Waals surface area contributed by atoms with Gasteiger partial charge in [-0.25, -0.2) is 0 Å². The fraction of sp³-hybridized carbons (Fsp3) is 0.469. The first kappa shape index (κ1) is 29.2. The lowest BCUT2D eigenvalue weighted by atomic mass is 9.96. The van der Waals surface area contributed by atoms with Crippen LogP contribution in [0.4, 0.5) is 5.69 Å². The highest BCUT2D eigenvalue weighted by Crippen LogP contribution is 2.35. The summed E-state index contributed by atoms with van der Waals surface area (Å²) in [5, 5.41) is 12.4. The summed E-state index contributed by atoms with van der Waals surface area (Å²) >= 11 is 0. The van der Waals surface area contributed by atoms with Crippen molar-refractivity contribution < 1.29 is 9.47 Å². The number of ether oxygens (including phenoxy) is 2. The lowest BCUT2D eigenvalue weighted by Crippen LogP contribution is -2.30. The van der Waals surface area contributed by atoms with Crippen LogP contribution in [0.15, 0.2) is 54.6 Å². The Kier molecular flexibility index (Phi) is 11.3. The average Bonchev–Trinajstić information content (AvgIpc) is 2.87. The van der Waals surface area contributed by atoms with Gasteiger partial charge in [-0.15, -0.1) is 0 Å². The quantitative estimate of drug-likeness (QED) is 0.271. The highest BCUT2D eigenvalue weighted by Gasteiger charge is 2.23. The second kappa shape index (κ2) is 13.9. The van der Waals surface area contributed by atoms with Crippen LogP contribution in [0.3, 0.4) is 0 Å². The monoisotopic (exact) mass is 488 g/mol. The van der Waals surface area contributed by atoms with E-state index in [2.05, 4.69) is 61.2 Å². The van der Waals surface area contributed by atoms with E-state index < -0.39 is 5.60 Å². The van der Waals surface area contributed by atoms with Gasteiger partial charge in [0, 0.05) is 30.8 Å². The van der Waals surface area contributed by atoms with E-state index in [0.29, 0.717) is 17.9 Å². The van der Waals surface area contributed by atoms with Gasteiger partial charge in [-0.1, -0.05) is 51.1 Å². The molecule has 0 amide bonds. The third-order valence-corrected chi connectivity index (χ3v) is 6.05. The fourth-order valence-electron chi connectivity index (χ4n) is 4.20. The molecule has 4 heteroatoms. The first-order valence-corrected chi connectivity index (χ1v) is 13.4. The molecule has 3 rings (SSSR count). The van der Waals surface area contributed by atoms with Crippen LogP contribution in [-0.4, -0.2) is 31.4 Å². The predicted molar refractivity (Wildman–Crippen MR) is 154 cm³/mol. The maximum absolute atomic E-state index is 10.0. The molecule has 0 saturated carbocycles. The Hall–Kier alpha value is -3.03. The number of hydrogen-bond acceptors (Lipinski definition) is 4. The summed E-state index contributed by atoms with van der Waals surface area (Å²) in [7, 11) is 0. The van der Waals surface area contributed by atoms with Gasteiger partial charge >= 0.3 is 0 Å². The third-order valence-electron chi connectivity index (χ3n) is 6.05. The summed E-state index contributed by atoms with van der Waals surface area (Å²) in [6.07, 6.45) is 2.06. The van der Waals surface area contributed by atoms with Crippen molar-refractivity contribution >= 4 is 16.5 Å². The average molecular weight is 489 g/mol. The molecular weight excluding hydrogens is 444 g/mol. The molecule has 3 aromatic rings. The topological polar surface area (TPSA) is 45.5 Å². The zero-order valence-electron chi connectivity index (χ0n) is 23.5. The van der Waals surface area contributed by atoms with Gasteiger partial charge in [0.1, 0.15) is 23.0 Å². The highest BCUT2D eigenvalue weighted by molar-refractivity contribution is 5.91. The van der Waals surface area contributed by atoms with Crippen LogP contribution in [0.5, 0.6) is 5.75 Å². The van der Waals surface area contributed by atoms with E-state index >= 15 is 0 Å². The Morgan fingerprint density at radius 2 is 1.67 bits per heavy atom. The molecule has 0 unspecified atom stereocenters. The molecule has 0 aliphatic rings. The van der Waals surface area contributed by atoms with E-state index in [1.54, 1.807) is 0 Å². The van der Waals surface area contributed by atoms with E-state index in [9.17, 15) is 5.26 Å². The van der Waals surface area contributed by atoms with Gasteiger partial charge in [-0.3, -0.25) is 0 Å². The van der Waals surface area contributed by atoms with Gasteiger partial charge in [-0.05, 0) is 81.6 Å². The summed E-state index contributed by atoms with van der Waals surface area (Å²) < 4.78 is 12.0. The predicted octanol–water partition coefficient (Wildman–Crippen LogP) is 8.61. The van der Waals surface area contributed by atoms with Crippen molar-refractivity contribution in [3.63, 3.8) is 0 Å². The first-order chi connectivity index (χ1) is 17.3. The largest absolute Gasteiger partial charge is 0.486 e. The van der Waals surface area contributed by atoms with Crippen LogP contribution in [0, 0.1) is 11.3 Å². The molecule has 0 heterocycles. The van der Waals surface area contributed by atoms with Crippen LogP contribution in [0.2, 0.25) is 0 Å². The highest BCUT2D eigenvalue weighted by atomic mass is 16.5. The molecule has 0 aromatic heterocycles. The fourth-order valence-corrected chi connectivity index (χ4v) is 4.20. The number of anilines is 1.